The van der Waals surface area contributed by atoms with Gasteiger partial charge in [-0.25, -0.2) is 4.39 Å². The van der Waals surface area contributed by atoms with Crippen molar-refractivity contribution >= 4 is 0 Å². The summed E-state index contributed by atoms with van der Waals surface area (Å²) < 4.78 is 51.6. The molecule has 0 saturated heterocycles. The molecule has 1 atom stereocenters. The Morgan fingerprint density at radius 1 is 0.950 bits per heavy atom. The second-order valence-electron chi connectivity index (χ2n) is 4.41. The number of rotatable bonds is 3. The lowest BCUT2D eigenvalue weighted by molar-refractivity contribution is -0.140. The fourth-order valence-electron chi connectivity index (χ4n) is 1.97. The number of aliphatic hydroxyl groups is 1. The minimum absolute atomic E-state index is 0.0546. The van der Waals surface area contributed by atoms with Gasteiger partial charge in [0.05, 0.1) is 11.7 Å². The molecular formula is C15H12F4O. The molecular weight excluding hydrogens is 272 g/mol. The Morgan fingerprint density at radius 2 is 1.60 bits per heavy atom. The molecule has 0 spiro atoms. The Balaban J connectivity index is 2.29. The standard InChI is InChI=1S/C15H12F4O/c16-14-11(7-4-8-12(14)15(17,18)19)13(20)9-10-5-2-1-3-6-10/h1-8,13,20H,9H2. The normalized spacial score (nSPS) is 13.2. The van der Waals surface area contributed by atoms with Crippen molar-refractivity contribution < 1.29 is 22.7 Å². The van der Waals surface area contributed by atoms with Crippen molar-refractivity contribution in [1.82, 2.24) is 0 Å². The Labute approximate surface area is 113 Å². The first kappa shape index (κ1) is 14.5. The van der Waals surface area contributed by atoms with Crippen LogP contribution in [0.15, 0.2) is 48.5 Å². The zero-order valence-electron chi connectivity index (χ0n) is 10.4. The zero-order valence-corrected chi connectivity index (χ0v) is 10.4. The van der Waals surface area contributed by atoms with Crippen molar-refractivity contribution in [2.45, 2.75) is 18.7 Å². The highest BCUT2D eigenvalue weighted by Gasteiger charge is 2.35. The van der Waals surface area contributed by atoms with Gasteiger partial charge in [0.1, 0.15) is 5.82 Å². The van der Waals surface area contributed by atoms with Crippen molar-refractivity contribution in [1.29, 1.82) is 0 Å². The molecule has 0 heterocycles. The lowest BCUT2D eigenvalue weighted by Crippen LogP contribution is -2.12. The summed E-state index contributed by atoms with van der Waals surface area (Å²) in [5.74, 6) is -1.41. The van der Waals surface area contributed by atoms with Crippen molar-refractivity contribution in [3.63, 3.8) is 0 Å². The predicted octanol–water partition coefficient (Wildman–Crippen LogP) is 4.12. The van der Waals surface area contributed by atoms with Crippen molar-refractivity contribution in [3.8, 4) is 0 Å². The average Bonchev–Trinajstić information content (AvgIpc) is 2.38. The zero-order chi connectivity index (χ0) is 14.8. The van der Waals surface area contributed by atoms with E-state index in [-0.39, 0.29) is 12.0 Å². The summed E-state index contributed by atoms with van der Waals surface area (Å²) in [5, 5.41) is 9.94. The van der Waals surface area contributed by atoms with Crippen molar-refractivity contribution in [3.05, 3.63) is 71.0 Å². The largest absolute Gasteiger partial charge is 0.419 e. The van der Waals surface area contributed by atoms with Crippen LogP contribution < -0.4 is 0 Å². The van der Waals surface area contributed by atoms with Gasteiger partial charge in [-0.15, -0.1) is 0 Å². The molecule has 0 aliphatic heterocycles. The molecule has 0 saturated carbocycles. The van der Waals surface area contributed by atoms with E-state index in [1.165, 1.54) is 0 Å². The molecule has 0 aliphatic carbocycles. The lowest BCUT2D eigenvalue weighted by Gasteiger charge is -2.15. The van der Waals surface area contributed by atoms with Gasteiger partial charge in [0.25, 0.3) is 0 Å². The van der Waals surface area contributed by atoms with Crippen LogP contribution in [0.2, 0.25) is 0 Å². The van der Waals surface area contributed by atoms with Crippen LogP contribution in [0.4, 0.5) is 17.6 Å². The molecule has 2 rings (SSSR count). The summed E-state index contributed by atoms with van der Waals surface area (Å²) in [6.45, 7) is 0. The van der Waals surface area contributed by atoms with Gasteiger partial charge in [-0.1, -0.05) is 42.5 Å². The van der Waals surface area contributed by atoms with Gasteiger partial charge < -0.3 is 5.11 Å². The topological polar surface area (TPSA) is 20.2 Å². The highest BCUT2D eigenvalue weighted by molar-refractivity contribution is 5.31. The van der Waals surface area contributed by atoms with Crippen molar-refractivity contribution in [2.75, 3.05) is 0 Å². The minimum atomic E-state index is -4.77. The van der Waals surface area contributed by atoms with E-state index in [2.05, 4.69) is 0 Å². The van der Waals surface area contributed by atoms with E-state index in [4.69, 9.17) is 0 Å². The highest BCUT2D eigenvalue weighted by atomic mass is 19.4. The van der Waals surface area contributed by atoms with E-state index in [0.717, 1.165) is 17.7 Å². The molecule has 1 nitrogen and oxygen atoms in total. The smallest absolute Gasteiger partial charge is 0.388 e. The van der Waals surface area contributed by atoms with Crippen LogP contribution in [0.1, 0.15) is 22.8 Å². The number of hydrogen-bond donors (Lipinski definition) is 1. The van der Waals surface area contributed by atoms with Crippen molar-refractivity contribution in [2.24, 2.45) is 0 Å². The monoisotopic (exact) mass is 284 g/mol. The molecule has 0 aromatic heterocycles. The summed E-state index contributed by atoms with van der Waals surface area (Å²) in [7, 11) is 0. The minimum Gasteiger partial charge on any atom is -0.388 e. The van der Waals surface area contributed by atoms with E-state index in [9.17, 15) is 22.7 Å². The maximum atomic E-state index is 13.8. The first-order valence-electron chi connectivity index (χ1n) is 5.97. The second kappa shape index (κ2) is 5.63. The molecule has 0 aliphatic rings. The molecule has 106 valence electrons. The summed E-state index contributed by atoms with van der Waals surface area (Å²) in [6.07, 6.45) is -6.04. The Kier molecular flexibility index (Phi) is 4.09. The van der Waals surface area contributed by atoms with E-state index >= 15 is 0 Å². The molecule has 0 amide bonds. The van der Waals surface area contributed by atoms with Crippen LogP contribution in [0.25, 0.3) is 0 Å². The first-order valence-corrected chi connectivity index (χ1v) is 5.97. The van der Waals surface area contributed by atoms with Gasteiger partial charge >= 0.3 is 6.18 Å². The number of benzene rings is 2. The molecule has 5 heteroatoms. The molecule has 2 aromatic carbocycles. The van der Waals surface area contributed by atoms with Gasteiger partial charge in [0.15, 0.2) is 0 Å². The van der Waals surface area contributed by atoms with Crippen LogP contribution in [-0.2, 0) is 12.6 Å². The summed E-state index contributed by atoms with van der Waals surface area (Å²) >= 11 is 0. The Hall–Kier alpha value is -1.88. The molecule has 0 radical (unpaired) electrons. The number of alkyl halides is 3. The van der Waals surface area contributed by atoms with Crippen LogP contribution in [0.3, 0.4) is 0 Å². The van der Waals surface area contributed by atoms with E-state index in [0.29, 0.717) is 6.07 Å². The van der Waals surface area contributed by atoms with E-state index in [1.54, 1.807) is 30.3 Å². The predicted molar refractivity (Wildman–Crippen MR) is 66.5 cm³/mol. The third-order valence-corrected chi connectivity index (χ3v) is 2.96. The van der Waals surface area contributed by atoms with Crippen LogP contribution >= 0.6 is 0 Å². The van der Waals surface area contributed by atoms with E-state index < -0.39 is 23.7 Å². The number of hydrogen-bond acceptors (Lipinski definition) is 1. The summed E-state index contributed by atoms with van der Waals surface area (Å²) in [4.78, 5) is 0. The fraction of sp³-hybridized carbons (Fsp3) is 0.200. The quantitative estimate of drug-likeness (QED) is 0.841. The Bertz CT molecular complexity index is 578. The second-order valence-corrected chi connectivity index (χ2v) is 4.41. The SMILES string of the molecule is OC(Cc1ccccc1)c1cccc(C(F)(F)F)c1F. The summed E-state index contributed by atoms with van der Waals surface area (Å²) in [5.41, 5.74) is -0.984. The Morgan fingerprint density at radius 3 is 2.20 bits per heavy atom. The van der Waals surface area contributed by atoms with Gasteiger partial charge in [-0.2, -0.15) is 13.2 Å². The molecule has 1 N–H and O–H groups in total. The maximum Gasteiger partial charge on any atom is 0.419 e. The number of halogens is 4. The molecule has 1 unspecified atom stereocenters. The van der Waals surface area contributed by atoms with Crippen LogP contribution in [0, 0.1) is 5.82 Å². The molecule has 20 heavy (non-hydrogen) atoms. The third-order valence-electron chi connectivity index (χ3n) is 2.96. The summed E-state index contributed by atoms with van der Waals surface area (Å²) in [6, 6.07) is 11.6. The van der Waals surface area contributed by atoms with E-state index in [1.807, 2.05) is 0 Å². The molecule has 2 aromatic rings. The van der Waals surface area contributed by atoms with Gasteiger partial charge in [0.2, 0.25) is 0 Å². The molecule has 0 fully saturated rings. The van der Waals surface area contributed by atoms with Crippen LogP contribution in [-0.4, -0.2) is 5.11 Å². The number of aliphatic hydroxyl groups excluding tert-OH is 1. The fourth-order valence-corrected chi connectivity index (χ4v) is 1.97. The van der Waals surface area contributed by atoms with Crippen LogP contribution in [0.5, 0.6) is 0 Å². The van der Waals surface area contributed by atoms with Gasteiger partial charge in [-0.3, -0.25) is 0 Å². The highest BCUT2D eigenvalue weighted by Crippen LogP contribution is 2.34. The maximum absolute atomic E-state index is 13.8. The third kappa shape index (κ3) is 3.17. The van der Waals surface area contributed by atoms with Gasteiger partial charge in [0, 0.05) is 12.0 Å². The van der Waals surface area contributed by atoms with Gasteiger partial charge in [-0.05, 0) is 11.6 Å². The average molecular weight is 284 g/mol. The lowest BCUT2D eigenvalue weighted by atomic mass is 9.99. The first-order chi connectivity index (χ1) is 9.39. The molecule has 0 bridgehead atoms.